The summed E-state index contributed by atoms with van der Waals surface area (Å²) in [6, 6.07) is 23.5. The summed E-state index contributed by atoms with van der Waals surface area (Å²) in [4.78, 5) is 0. The summed E-state index contributed by atoms with van der Waals surface area (Å²) in [5, 5.41) is 15.8. The molecule has 0 fully saturated rings. The molecule has 0 aliphatic carbocycles. The highest BCUT2D eigenvalue weighted by atomic mass is 35.5. The molecule has 148 valence electrons. The van der Waals surface area contributed by atoms with Gasteiger partial charge >= 0.3 is 0 Å². The number of rotatable bonds is 6. The average molecular weight is 433 g/mol. The van der Waals surface area contributed by atoms with Crippen LogP contribution in [-0.2, 0) is 13.1 Å². The number of halogens is 2. The molecule has 6 heteroatoms. The number of nitrogens with one attached hydrogen (secondary N) is 1. The van der Waals surface area contributed by atoms with Crippen molar-refractivity contribution in [2.75, 3.05) is 0 Å². The summed E-state index contributed by atoms with van der Waals surface area (Å²) in [7, 11) is 0. The lowest BCUT2D eigenvalue weighted by Crippen LogP contribution is -2.06. The minimum atomic E-state index is 0.439. The lowest BCUT2D eigenvalue weighted by Gasteiger charge is -2.06. The number of benzene rings is 3. The first-order valence-electron chi connectivity index (χ1n) is 9.41. The Bertz CT molecular complexity index is 1250. The third kappa shape index (κ3) is 4.33. The molecule has 0 aliphatic heterocycles. The molecule has 0 radical (unpaired) electrons. The molecule has 1 heterocycles. The molecule has 1 N–H and O–H groups in total. The van der Waals surface area contributed by atoms with Crippen molar-refractivity contribution in [3.63, 3.8) is 0 Å². The van der Waals surface area contributed by atoms with Crippen LogP contribution in [0.4, 0.5) is 0 Å². The van der Waals surface area contributed by atoms with E-state index in [2.05, 4.69) is 39.5 Å². The summed E-state index contributed by atoms with van der Waals surface area (Å²) >= 11 is 12.4. The highest BCUT2D eigenvalue weighted by molar-refractivity contribution is 6.35. The number of fused-ring (bicyclic) bond motifs is 1. The van der Waals surface area contributed by atoms with Crippen LogP contribution in [-0.4, -0.2) is 10.8 Å². The van der Waals surface area contributed by atoms with E-state index in [1.165, 1.54) is 0 Å². The van der Waals surface area contributed by atoms with Gasteiger partial charge in [0.15, 0.2) is 0 Å². The van der Waals surface area contributed by atoms with Crippen molar-refractivity contribution < 1.29 is 0 Å². The van der Waals surface area contributed by atoms with Gasteiger partial charge in [-0.25, -0.2) is 0 Å². The predicted molar refractivity (Wildman–Crippen MR) is 123 cm³/mol. The number of nitriles is 1. The van der Waals surface area contributed by atoms with Gasteiger partial charge in [-0.15, -0.1) is 0 Å². The van der Waals surface area contributed by atoms with E-state index in [-0.39, 0.29) is 0 Å². The van der Waals surface area contributed by atoms with Crippen LogP contribution < -0.4 is 5.43 Å². The summed E-state index contributed by atoms with van der Waals surface area (Å²) in [6.45, 7) is 1.11. The molecular formula is C24H18Cl2N4. The predicted octanol–water partition coefficient (Wildman–Crippen LogP) is 5.99. The zero-order valence-corrected chi connectivity index (χ0v) is 17.5. The lowest BCUT2D eigenvalue weighted by atomic mass is 10.1. The van der Waals surface area contributed by atoms with Crippen LogP contribution in [0.25, 0.3) is 10.9 Å². The Balaban J connectivity index is 1.56. The van der Waals surface area contributed by atoms with E-state index in [1.807, 2.05) is 54.6 Å². The molecule has 0 aliphatic rings. The number of hydrogen-bond acceptors (Lipinski definition) is 3. The molecule has 4 rings (SSSR count). The van der Waals surface area contributed by atoms with Crippen molar-refractivity contribution >= 4 is 40.3 Å². The number of hydrogen-bond donors (Lipinski definition) is 1. The maximum absolute atomic E-state index is 9.14. The van der Waals surface area contributed by atoms with Crippen molar-refractivity contribution in [2.24, 2.45) is 5.10 Å². The third-order valence-electron chi connectivity index (χ3n) is 4.84. The quantitative estimate of drug-likeness (QED) is 0.300. The highest BCUT2D eigenvalue weighted by Gasteiger charge is 2.08. The molecule has 0 unspecified atom stereocenters. The maximum atomic E-state index is 9.14. The van der Waals surface area contributed by atoms with Crippen LogP contribution in [0.15, 0.2) is 78.0 Å². The smallest absolute Gasteiger partial charge is 0.0991 e. The molecule has 0 saturated carbocycles. The van der Waals surface area contributed by atoms with Crippen LogP contribution in [0.3, 0.4) is 0 Å². The Hall–Kier alpha value is -3.26. The third-order valence-corrected chi connectivity index (χ3v) is 5.55. The molecule has 3 aromatic carbocycles. The van der Waals surface area contributed by atoms with Gasteiger partial charge in [-0.1, -0.05) is 59.6 Å². The van der Waals surface area contributed by atoms with Crippen LogP contribution in [0, 0.1) is 11.3 Å². The Morgan fingerprint density at radius 3 is 2.57 bits per heavy atom. The maximum Gasteiger partial charge on any atom is 0.0991 e. The second-order valence-electron chi connectivity index (χ2n) is 6.83. The normalized spacial score (nSPS) is 11.1. The summed E-state index contributed by atoms with van der Waals surface area (Å²) < 4.78 is 2.16. The zero-order valence-electron chi connectivity index (χ0n) is 16.0. The minimum Gasteiger partial charge on any atom is -0.342 e. The largest absolute Gasteiger partial charge is 0.342 e. The first kappa shape index (κ1) is 20.0. The van der Waals surface area contributed by atoms with E-state index in [4.69, 9.17) is 28.5 Å². The molecule has 1 aromatic heterocycles. The van der Waals surface area contributed by atoms with Crippen LogP contribution in [0.5, 0.6) is 0 Å². The van der Waals surface area contributed by atoms with Gasteiger partial charge in [-0.3, -0.25) is 0 Å². The second-order valence-corrected chi connectivity index (χ2v) is 7.65. The monoisotopic (exact) mass is 432 g/mol. The zero-order chi connectivity index (χ0) is 20.9. The van der Waals surface area contributed by atoms with E-state index >= 15 is 0 Å². The molecule has 0 saturated heterocycles. The van der Waals surface area contributed by atoms with Gasteiger partial charge < -0.3 is 9.99 Å². The summed E-state index contributed by atoms with van der Waals surface area (Å²) in [6.07, 6.45) is 3.87. The van der Waals surface area contributed by atoms with Crippen LogP contribution in [0.1, 0.15) is 22.3 Å². The highest BCUT2D eigenvalue weighted by Crippen LogP contribution is 2.24. The minimum absolute atomic E-state index is 0.439. The molecule has 0 spiro atoms. The molecule has 0 amide bonds. The Morgan fingerprint density at radius 1 is 1.00 bits per heavy atom. The molecule has 0 atom stereocenters. The molecule has 4 aromatic rings. The van der Waals surface area contributed by atoms with E-state index in [0.717, 1.165) is 27.6 Å². The van der Waals surface area contributed by atoms with E-state index in [1.54, 1.807) is 6.21 Å². The van der Waals surface area contributed by atoms with Gasteiger partial charge in [-0.2, -0.15) is 10.4 Å². The van der Waals surface area contributed by atoms with Gasteiger partial charge in [0.2, 0.25) is 0 Å². The van der Waals surface area contributed by atoms with Crippen molar-refractivity contribution in [3.05, 3.63) is 105 Å². The number of para-hydroxylation sites is 1. The fraction of sp³-hybridized carbons (Fsp3) is 0.0833. The fourth-order valence-electron chi connectivity index (χ4n) is 3.39. The topological polar surface area (TPSA) is 53.1 Å². The SMILES string of the molecule is N#Cc1cccc(Cn2cc(/C=N\NCc3c(Cl)cccc3Cl)c3ccccc32)c1. The van der Waals surface area contributed by atoms with Gasteiger partial charge in [-0.05, 0) is 35.9 Å². The van der Waals surface area contributed by atoms with Gasteiger partial charge in [0, 0.05) is 44.8 Å². The molecular weight excluding hydrogens is 415 g/mol. The molecule has 30 heavy (non-hydrogen) atoms. The molecule has 0 bridgehead atoms. The number of hydrazone groups is 1. The van der Waals surface area contributed by atoms with Gasteiger partial charge in [0.1, 0.15) is 0 Å². The second kappa shape index (κ2) is 9.04. The number of aromatic nitrogens is 1. The van der Waals surface area contributed by atoms with E-state index in [9.17, 15) is 0 Å². The Labute approximate surface area is 185 Å². The molecule has 4 nitrogen and oxygen atoms in total. The Kier molecular flexibility index (Phi) is 6.04. The van der Waals surface area contributed by atoms with Crippen molar-refractivity contribution in [1.29, 1.82) is 5.26 Å². The van der Waals surface area contributed by atoms with Gasteiger partial charge in [0.25, 0.3) is 0 Å². The lowest BCUT2D eigenvalue weighted by molar-refractivity contribution is 0.748. The van der Waals surface area contributed by atoms with Crippen molar-refractivity contribution in [3.8, 4) is 6.07 Å². The van der Waals surface area contributed by atoms with E-state index in [0.29, 0.717) is 28.7 Å². The standard InChI is InChI=1S/C24H18Cl2N4/c25-22-8-4-9-23(26)21(22)14-29-28-13-19-16-30(24-10-2-1-7-20(19)24)15-18-6-3-5-17(11-18)12-27/h1-11,13,16,29H,14-15H2/b28-13-. The van der Waals surface area contributed by atoms with Crippen molar-refractivity contribution in [2.45, 2.75) is 13.1 Å². The summed E-state index contributed by atoms with van der Waals surface area (Å²) in [5.74, 6) is 0. The Morgan fingerprint density at radius 2 is 1.77 bits per heavy atom. The average Bonchev–Trinajstić information content (AvgIpc) is 3.10. The summed E-state index contributed by atoms with van der Waals surface area (Å²) in [5.41, 5.74) is 7.68. The van der Waals surface area contributed by atoms with E-state index < -0.39 is 0 Å². The number of nitrogens with zero attached hydrogens (tertiary/aromatic N) is 3. The fourth-order valence-corrected chi connectivity index (χ4v) is 3.92. The van der Waals surface area contributed by atoms with Gasteiger partial charge in [0.05, 0.1) is 24.4 Å². The first-order chi connectivity index (χ1) is 14.7. The van der Waals surface area contributed by atoms with Crippen molar-refractivity contribution in [1.82, 2.24) is 9.99 Å². The first-order valence-corrected chi connectivity index (χ1v) is 10.2. The van der Waals surface area contributed by atoms with Crippen LogP contribution in [0.2, 0.25) is 10.0 Å². The van der Waals surface area contributed by atoms with Crippen LogP contribution >= 0.6 is 23.2 Å².